The first-order valence-corrected chi connectivity index (χ1v) is 5.08. The van der Waals surface area contributed by atoms with Gasteiger partial charge in [-0.3, -0.25) is 4.55 Å². The lowest BCUT2D eigenvalue weighted by atomic mass is 10.3. The van der Waals surface area contributed by atoms with E-state index in [4.69, 9.17) is 4.55 Å². The molecular formula is C7H6F3NO3S. The van der Waals surface area contributed by atoms with Crippen molar-refractivity contribution in [2.24, 2.45) is 0 Å². The van der Waals surface area contributed by atoms with Crippen LogP contribution in [0.15, 0.2) is 17.0 Å². The van der Waals surface area contributed by atoms with Gasteiger partial charge in [-0.05, 0) is 19.1 Å². The van der Waals surface area contributed by atoms with Crippen LogP contribution in [0.2, 0.25) is 0 Å². The maximum Gasteiger partial charge on any atom is 0.433 e. The second-order valence-corrected chi connectivity index (χ2v) is 4.22. The molecule has 1 heterocycles. The lowest BCUT2D eigenvalue weighted by Gasteiger charge is -2.07. The van der Waals surface area contributed by atoms with Crippen molar-refractivity contribution in [2.45, 2.75) is 18.0 Å². The van der Waals surface area contributed by atoms with Gasteiger partial charge >= 0.3 is 6.18 Å². The third-order valence-electron chi connectivity index (χ3n) is 1.52. The predicted molar refractivity (Wildman–Crippen MR) is 43.8 cm³/mol. The minimum atomic E-state index is -4.74. The lowest BCUT2D eigenvalue weighted by molar-refractivity contribution is -0.141. The fourth-order valence-electron chi connectivity index (χ4n) is 0.931. The van der Waals surface area contributed by atoms with E-state index in [0.717, 1.165) is 6.07 Å². The number of alkyl halides is 3. The molecule has 0 aromatic carbocycles. The summed E-state index contributed by atoms with van der Waals surface area (Å²) in [6, 6.07) is 1.13. The molecule has 0 unspecified atom stereocenters. The van der Waals surface area contributed by atoms with E-state index < -0.39 is 26.9 Å². The summed E-state index contributed by atoms with van der Waals surface area (Å²) in [5, 5.41) is 0. The van der Waals surface area contributed by atoms with Gasteiger partial charge in [0.15, 0.2) is 0 Å². The Hall–Kier alpha value is -1.15. The van der Waals surface area contributed by atoms with Gasteiger partial charge in [0.05, 0.1) is 4.90 Å². The first kappa shape index (κ1) is 11.9. The smallest absolute Gasteiger partial charge is 0.282 e. The molecule has 15 heavy (non-hydrogen) atoms. The summed E-state index contributed by atoms with van der Waals surface area (Å²) in [6.45, 7) is 1.20. The van der Waals surface area contributed by atoms with Crippen molar-refractivity contribution in [1.29, 1.82) is 0 Å². The number of rotatable bonds is 1. The Balaban J connectivity index is 3.43. The highest BCUT2D eigenvalue weighted by Crippen LogP contribution is 2.29. The molecule has 0 aliphatic heterocycles. The van der Waals surface area contributed by atoms with E-state index in [1.807, 2.05) is 0 Å². The molecule has 0 saturated heterocycles. The van der Waals surface area contributed by atoms with Crippen molar-refractivity contribution in [3.05, 3.63) is 23.5 Å². The Labute approximate surface area is 83.5 Å². The molecule has 0 amide bonds. The third kappa shape index (κ3) is 2.90. The number of hydrogen-bond donors (Lipinski definition) is 1. The highest BCUT2D eigenvalue weighted by Gasteiger charge is 2.33. The summed E-state index contributed by atoms with van der Waals surface area (Å²) >= 11 is 0. The van der Waals surface area contributed by atoms with Gasteiger partial charge in [0.2, 0.25) is 0 Å². The van der Waals surface area contributed by atoms with Crippen LogP contribution in [0.25, 0.3) is 0 Å². The summed E-state index contributed by atoms with van der Waals surface area (Å²) in [7, 11) is -4.65. The van der Waals surface area contributed by atoms with Gasteiger partial charge in [0.25, 0.3) is 10.1 Å². The number of aromatic nitrogens is 1. The minimum absolute atomic E-state index is 0.141. The molecule has 0 fully saturated rings. The predicted octanol–water partition coefficient (Wildman–Crippen LogP) is 1.66. The van der Waals surface area contributed by atoms with Gasteiger partial charge in [-0.2, -0.15) is 21.6 Å². The van der Waals surface area contributed by atoms with Crippen molar-refractivity contribution in [3.8, 4) is 0 Å². The summed E-state index contributed by atoms with van der Waals surface area (Å²) in [5.74, 6) is 0. The molecule has 4 nitrogen and oxygen atoms in total. The second-order valence-electron chi connectivity index (χ2n) is 2.80. The fourth-order valence-corrected chi connectivity index (χ4v) is 1.51. The minimum Gasteiger partial charge on any atom is -0.282 e. The second kappa shape index (κ2) is 3.46. The molecule has 8 heteroatoms. The van der Waals surface area contributed by atoms with Crippen LogP contribution in [-0.4, -0.2) is 18.0 Å². The van der Waals surface area contributed by atoms with Crippen LogP contribution in [0.5, 0.6) is 0 Å². The van der Waals surface area contributed by atoms with Crippen molar-refractivity contribution in [2.75, 3.05) is 0 Å². The zero-order valence-electron chi connectivity index (χ0n) is 7.41. The van der Waals surface area contributed by atoms with Crippen LogP contribution >= 0.6 is 0 Å². The zero-order valence-corrected chi connectivity index (χ0v) is 8.22. The Morgan fingerprint density at radius 2 is 1.87 bits per heavy atom. The van der Waals surface area contributed by atoms with Crippen molar-refractivity contribution in [3.63, 3.8) is 0 Å². The van der Waals surface area contributed by atoms with Gasteiger partial charge < -0.3 is 0 Å². The van der Waals surface area contributed by atoms with Crippen LogP contribution in [0.4, 0.5) is 13.2 Å². The molecule has 1 aromatic heterocycles. The van der Waals surface area contributed by atoms with E-state index in [2.05, 4.69) is 4.98 Å². The Bertz CT molecular complexity index is 481. The van der Waals surface area contributed by atoms with E-state index in [1.165, 1.54) is 6.92 Å². The lowest BCUT2D eigenvalue weighted by Crippen LogP contribution is -2.11. The van der Waals surface area contributed by atoms with Crippen molar-refractivity contribution >= 4 is 10.1 Å². The first-order valence-electron chi connectivity index (χ1n) is 3.64. The van der Waals surface area contributed by atoms with E-state index in [0.29, 0.717) is 0 Å². The third-order valence-corrected chi connectivity index (χ3v) is 2.35. The Kier molecular flexibility index (Phi) is 2.75. The number of aryl methyl sites for hydroxylation is 1. The highest BCUT2D eigenvalue weighted by molar-refractivity contribution is 7.85. The van der Waals surface area contributed by atoms with E-state index in [-0.39, 0.29) is 11.8 Å². The van der Waals surface area contributed by atoms with Crippen LogP contribution < -0.4 is 0 Å². The number of nitrogens with zero attached hydrogens (tertiary/aromatic N) is 1. The maximum absolute atomic E-state index is 12.2. The van der Waals surface area contributed by atoms with Gasteiger partial charge in [0.1, 0.15) is 5.69 Å². The Morgan fingerprint density at radius 3 is 2.27 bits per heavy atom. The number of pyridine rings is 1. The summed E-state index contributed by atoms with van der Waals surface area (Å²) in [4.78, 5) is 2.30. The molecule has 0 radical (unpaired) electrons. The van der Waals surface area contributed by atoms with Crippen molar-refractivity contribution in [1.82, 2.24) is 4.98 Å². The van der Waals surface area contributed by atoms with Gasteiger partial charge in [-0.1, -0.05) is 0 Å². The van der Waals surface area contributed by atoms with E-state index in [9.17, 15) is 21.6 Å². The molecule has 1 aromatic rings. The highest BCUT2D eigenvalue weighted by atomic mass is 32.2. The largest absolute Gasteiger partial charge is 0.433 e. The molecule has 84 valence electrons. The molecule has 0 aliphatic rings. The average Bonchev–Trinajstić information content (AvgIpc) is 1.99. The van der Waals surface area contributed by atoms with Crippen LogP contribution in [0.1, 0.15) is 11.4 Å². The van der Waals surface area contributed by atoms with Crippen LogP contribution in [0.3, 0.4) is 0 Å². The van der Waals surface area contributed by atoms with E-state index in [1.54, 1.807) is 0 Å². The molecule has 0 saturated carbocycles. The van der Waals surface area contributed by atoms with Crippen LogP contribution in [0, 0.1) is 6.92 Å². The Morgan fingerprint density at radius 1 is 1.33 bits per heavy atom. The van der Waals surface area contributed by atoms with E-state index >= 15 is 0 Å². The molecular weight excluding hydrogens is 235 g/mol. The molecule has 0 atom stereocenters. The summed E-state index contributed by atoms with van der Waals surface area (Å²) in [5.41, 5.74) is -1.49. The summed E-state index contributed by atoms with van der Waals surface area (Å²) < 4.78 is 66.4. The normalized spacial score (nSPS) is 12.9. The zero-order chi connectivity index (χ0) is 11.9. The quantitative estimate of drug-likeness (QED) is 0.759. The van der Waals surface area contributed by atoms with Crippen LogP contribution in [-0.2, 0) is 16.3 Å². The molecule has 0 spiro atoms. The first-order chi connectivity index (χ1) is 6.60. The fraction of sp³-hybridized carbons (Fsp3) is 0.286. The van der Waals surface area contributed by atoms with Gasteiger partial charge in [0, 0.05) is 5.69 Å². The van der Waals surface area contributed by atoms with Gasteiger partial charge in [-0.25, -0.2) is 4.98 Å². The summed E-state index contributed by atoms with van der Waals surface area (Å²) in [6.07, 6.45) is -4.74. The average molecular weight is 241 g/mol. The van der Waals surface area contributed by atoms with Gasteiger partial charge in [-0.15, -0.1) is 0 Å². The number of halogens is 3. The standard InChI is InChI=1S/C7H6F3NO3S/c1-4-2-5(15(12,13)14)3-6(11-4)7(8,9)10/h2-3H,1H3,(H,12,13,14). The molecule has 1 N–H and O–H groups in total. The molecule has 0 aliphatic carbocycles. The molecule has 1 rings (SSSR count). The monoisotopic (exact) mass is 241 g/mol. The van der Waals surface area contributed by atoms with Crippen molar-refractivity contribution < 1.29 is 26.1 Å². The molecule has 0 bridgehead atoms. The maximum atomic E-state index is 12.2. The SMILES string of the molecule is Cc1cc(S(=O)(=O)O)cc(C(F)(F)F)n1. The number of hydrogen-bond acceptors (Lipinski definition) is 3. The topological polar surface area (TPSA) is 67.3 Å².